The van der Waals surface area contributed by atoms with Gasteiger partial charge in [0.25, 0.3) is 5.69 Å². The van der Waals surface area contributed by atoms with E-state index in [0.29, 0.717) is 34.6 Å². The fourth-order valence-corrected chi connectivity index (χ4v) is 3.82. The first kappa shape index (κ1) is 26.1. The van der Waals surface area contributed by atoms with E-state index >= 15 is 0 Å². The molecule has 0 spiro atoms. The largest absolute Gasteiger partial charge is 0.463 e. The molecule has 1 heterocycles. The minimum atomic E-state index is -0.684. The number of anilines is 1. The number of carbonyl (C=O) groups is 3. The van der Waals surface area contributed by atoms with Gasteiger partial charge in [-0.3, -0.25) is 19.8 Å². The number of nitrogens with one attached hydrogen (secondary N) is 2. The molecule has 0 radical (unpaired) electrons. The molecule has 0 saturated heterocycles. The summed E-state index contributed by atoms with van der Waals surface area (Å²) in [5, 5.41) is 16.4. The summed E-state index contributed by atoms with van der Waals surface area (Å²) in [6.07, 6.45) is 3.61. The number of ether oxygens (including phenoxy) is 1. The average molecular weight is 493 g/mol. The summed E-state index contributed by atoms with van der Waals surface area (Å²) in [4.78, 5) is 49.5. The molecule has 0 bridgehead atoms. The standard InChI is InChI=1S/C26H28N4O6/c1-4-16-29-17(3)23(25(32)36-5-2)24(28-26(29)33)19-9-11-20(12-10-19)27-22(31)15-8-18-6-13-21(14-7-18)30(34)35/h6-15,24H,4-5,16H2,1-3H3,(H,27,31)(H,28,33)/b15-8+. The van der Waals surface area contributed by atoms with E-state index in [1.807, 2.05) is 6.92 Å². The number of urea groups is 1. The maximum Gasteiger partial charge on any atom is 0.338 e. The van der Waals surface area contributed by atoms with E-state index in [1.54, 1.807) is 56.3 Å². The van der Waals surface area contributed by atoms with Crippen molar-refractivity contribution in [1.82, 2.24) is 10.2 Å². The van der Waals surface area contributed by atoms with Gasteiger partial charge < -0.3 is 15.4 Å². The molecule has 0 aliphatic carbocycles. The van der Waals surface area contributed by atoms with E-state index in [1.165, 1.54) is 23.1 Å². The summed E-state index contributed by atoms with van der Waals surface area (Å²) in [7, 11) is 0. The highest BCUT2D eigenvalue weighted by Crippen LogP contribution is 2.32. The van der Waals surface area contributed by atoms with Crippen LogP contribution < -0.4 is 10.6 Å². The first-order valence-corrected chi connectivity index (χ1v) is 11.5. The number of non-ortho nitro benzene ring substituents is 1. The van der Waals surface area contributed by atoms with Crippen LogP contribution >= 0.6 is 0 Å². The van der Waals surface area contributed by atoms with Crippen molar-refractivity contribution < 1.29 is 24.0 Å². The van der Waals surface area contributed by atoms with Crippen molar-refractivity contribution in [3.05, 3.63) is 87.1 Å². The van der Waals surface area contributed by atoms with Crippen molar-refractivity contribution in [2.75, 3.05) is 18.5 Å². The van der Waals surface area contributed by atoms with Gasteiger partial charge >= 0.3 is 12.0 Å². The van der Waals surface area contributed by atoms with Crippen LogP contribution in [0.25, 0.3) is 6.08 Å². The monoisotopic (exact) mass is 492 g/mol. The average Bonchev–Trinajstić information content (AvgIpc) is 2.85. The fourth-order valence-electron chi connectivity index (χ4n) is 3.82. The molecule has 1 atom stereocenters. The van der Waals surface area contributed by atoms with Crippen LogP contribution in [0.2, 0.25) is 0 Å². The lowest BCUT2D eigenvalue weighted by atomic mass is 9.94. The number of allylic oxidation sites excluding steroid dienone is 1. The van der Waals surface area contributed by atoms with Gasteiger partial charge in [0.1, 0.15) is 0 Å². The second-order valence-corrected chi connectivity index (χ2v) is 8.05. The minimum absolute atomic E-state index is 0.0277. The molecule has 188 valence electrons. The zero-order valence-corrected chi connectivity index (χ0v) is 20.3. The van der Waals surface area contributed by atoms with Crippen molar-refractivity contribution in [1.29, 1.82) is 0 Å². The molecule has 1 aliphatic rings. The third-order valence-electron chi connectivity index (χ3n) is 5.58. The third kappa shape index (κ3) is 6.15. The van der Waals surface area contributed by atoms with E-state index < -0.39 is 16.9 Å². The van der Waals surface area contributed by atoms with E-state index in [2.05, 4.69) is 10.6 Å². The number of hydrogen-bond acceptors (Lipinski definition) is 6. The molecular formula is C26H28N4O6. The molecule has 1 unspecified atom stereocenters. The predicted molar refractivity (Wildman–Crippen MR) is 135 cm³/mol. The first-order valence-electron chi connectivity index (χ1n) is 11.5. The summed E-state index contributed by atoms with van der Waals surface area (Å²) in [6, 6.07) is 11.7. The second-order valence-electron chi connectivity index (χ2n) is 8.05. The van der Waals surface area contributed by atoms with Crippen LogP contribution in [0.1, 0.15) is 44.4 Å². The molecule has 3 rings (SSSR count). The highest BCUT2D eigenvalue weighted by Gasteiger charge is 2.36. The number of hydrogen-bond donors (Lipinski definition) is 2. The van der Waals surface area contributed by atoms with Gasteiger partial charge in [-0.15, -0.1) is 0 Å². The van der Waals surface area contributed by atoms with Gasteiger partial charge in [0, 0.05) is 36.1 Å². The number of nitro benzene ring substituents is 1. The Kier molecular flexibility index (Phi) is 8.56. The summed E-state index contributed by atoms with van der Waals surface area (Å²) >= 11 is 0. The molecule has 1 aliphatic heterocycles. The molecule has 2 aromatic rings. The zero-order valence-electron chi connectivity index (χ0n) is 20.3. The number of rotatable bonds is 9. The van der Waals surface area contributed by atoms with Gasteiger partial charge in [-0.2, -0.15) is 0 Å². The van der Waals surface area contributed by atoms with Crippen molar-refractivity contribution >= 4 is 35.4 Å². The molecule has 0 aromatic heterocycles. The van der Waals surface area contributed by atoms with E-state index in [0.717, 1.165) is 6.42 Å². The maximum absolute atomic E-state index is 12.7. The van der Waals surface area contributed by atoms with E-state index in [9.17, 15) is 24.5 Å². The quantitative estimate of drug-likeness (QED) is 0.228. The van der Waals surface area contributed by atoms with Gasteiger partial charge in [-0.05, 0) is 61.7 Å². The number of nitro groups is 1. The lowest BCUT2D eigenvalue weighted by Gasteiger charge is -2.35. The van der Waals surface area contributed by atoms with Crippen LogP contribution in [0.5, 0.6) is 0 Å². The van der Waals surface area contributed by atoms with Gasteiger partial charge in [0.05, 0.1) is 23.1 Å². The second kappa shape index (κ2) is 11.8. The number of nitrogens with zero attached hydrogens (tertiary/aromatic N) is 2. The molecular weight excluding hydrogens is 464 g/mol. The Labute approximate surface area is 208 Å². The Bertz CT molecular complexity index is 1200. The number of amides is 3. The first-order chi connectivity index (χ1) is 17.2. The van der Waals surface area contributed by atoms with Gasteiger partial charge in [-0.1, -0.05) is 19.1 Å². The van der Waals surface area contributed by atoms with Crippen molar-refractivity contribution in [3.8, 4) is 0 Å². The lowest BCUT2D eigenvalue weighted by molar-refractivity contribution is -0.384. The fraction of sp³-hybridized carbons (Fsp3) is 0.269. The van der Waals surface area contributed by atoms with Crippen LogP contribution in [0.4, 0.5) is 16.2 Å². The maximum atomic E-state index is 12.7. The molecule has 0 saturated carbocycles. The molecule has 10 heteroatoms. The Morgan fingerprint density at radius 3 is 2.39 bits per heavy atom. The van der Waals surface area contributed by atoms with Gasteiger partial charge in [0.15, 0.2) is 0 Å². The highest BCUT2D eigenvalue weighted by molar-refractivity contribution is 6.02. The summed E-state index contributed by atoms with van der Waals surface area (Å²) < 4.78 is 5.25. The van der Waals surface area contributed by atoms with E-state index in [4.69, 9.17) is 4.74 Å². The van der Waals surface area contributed by atoms with Gasteiger partial charge in [0.2, 0.25) is 5.91 Å². The molecule has 10 nitrogen and oxygen atoms in total. The number of benzene rings is 2. The van der Waals surface area contributed by atoms with Gasteiger partial charge in [-0.25, -0.2) is 9.59 Å². The smallest absolute Gasteiger partial charge is 0.338 e. The van der Waals surface area contributed by atoms with Crippen LogP contribution in [-0.4, -0.2) is 40.9 Å². The van der Waals surface area contributed by atoms with Crippen molar-refractivity contribution in [3.63, 3.8) is 0 Å². The minimum Gasteiger partial charge on any atom is -0.463 e. The van der Waals surface area contributed by atoms with Crippen LogP contribution in [0.15, 0.2) is 65.9 Å². The molecule has 2 aromatic carbocycles. The Balaban J connectivity index is 1.75. The Morgan fingerprint density at radius 2 is 1.81 bits per heavy atom. The summed E-state index contributed by atoms with van der Waals surface area (Å²) in [5.41, 5.74) is 2.72. The van der Waals surface area contributed by atoms with Crippen LogP contribution in [0, 0.1) is 10.1 Å². The third-order valence-corrected chi connectivity index (χ3v) is 5.58. The van der Waals surface area contributed by atoms with Crippen LogP contribution in [-0.2, 0) is 14.3 Å². The lowest BCUT2D eigenvalue weighted by Crippen LogP contribution is -2.48. The molecule has 0 fully saturated rings. The zero-order chi connectivity index (χ0) is 26.2. The molecule has 36 heavy (non-hydrogen) atoms. The topological polar surface area (TPSA) is 131 Å². The highest BCUT2D eigenvalue weighted by atomic mass is 16.6. The normalized spacial score (nSPS) is 15.6. The number of esters is 1. The Hall–Kier alpha value is -4.47. The predicted octanol–water partition coefficient (Wildman–Crippen LogP) is 4.56. The molecule has 3 amide bonds. The summed E-state index contributed by atoms with van der Waals surface area (Å²) in [5.74, 6) is -0.875. The van der Waals surface area contributed by atoms with Crippen LogP contribution in [0.3, 0.4) is 0 Å². The van der Waals surface area contributed by atoms with Crippen molar-refractivity contribution in [2.45, 2.75) is 33.2 Å². The molecule has 2 N–H and O–H groups in total. The summed E-state index contributed by atoms with van der Waals surface area (Å²) in [6.45, 7) is 6.10. The number of carbonyl (C=O) groups excluding carboxylic acids is 3. The Morgan fingerprint density at radius 1 is 1.14 bits per heavy atom. The van der Waals surface area contributed by atoms with E-state index in [-0.39, 0.29) is 24.2 Å². The van der Waals surface area contributed by atoms with Crippen molar-refractivity contribution in [2.24, 2.45) is 0 Å². The SMILES string of the molecule is CCCN1C(=O)NC(c2ccc(NC(=O)/C=C/c3ccc([N+](=O)[O-])cc3)cc2)C(C(=O)OCC)=C1C.